The van der Waals surface area contributed by atoms with Crippen LogP contribution in [-0.2, 0) is 0 Å². The fourth-order valence-electron chi connectivity index (χ4n) is 0.505. The Balaban J connectivity index is 3.91. The molecule has 0 aromatic heterocycles. The van der Waals surface area contributed by atoms with Crippen molar-refractivity contribution in [2.75, 3.05) is 0 Å². The number of hydrogen-bond acceptors (Lipinski definition) is 2. The molecule has 0 saturated carbocycles. The summed E-state index contributed by atoms with van der Waals surface area (Å²) < 4.78 is 0. The molecule has 0 rings (SSSR count). The molecule has 58 valence electrons. The van der Waals surface area contributed by atoms with E-state index in [0.29, 0.717) is 5.76 Å². The van der Waals surface area contributed by atoms with Crippen molar-refractivity contribution in [2.24, 2.45) is 0 Å². The maximum atomic E-state index is 8.95. The average molecular weight is 141 g/mol. The van der Waals surface area contributed by atoms with Gasteiger partial charge in [-0.1, -0.05) is 6.08 Å². The minimum Gasteiger partial charge on any atom is -0.511 e. The van der Waals surface area contributed by atoms with Crippen molar-refractivity contribution in [2.45, 2.75) is 26.8 Å². The van der Waals surface area contributed by atoms with E-state index in [1.807, 2.05) is 13.8 Å². The van der Waals surface area contributed by atoms with Gasteiger partial charge in [0.25, 0.3) is 0 Å². The molecule has 0 radical (unpaired) electrons. The molecule has 0 bridgehead atoms. The van der Waals surface area contributed by atoms with Crippen molar-refractivity contribution >= 4 is 0 Å². The van der Waals surface area contributed by atoms with E-state index >= 15 is 0 Å². The van der Waals surface area contributed by atoms with E-state index in [9.17, 15) is 0 Å². The summed E-state index contributed by atoms with van der Waals surface area (Å²) in [6.07, 6.45) is 1.78. The van der Waals surface area contributed by atoms with Gasteiger partial charge in [0.05, 0.1) is 0 Å². The van der Waals surface area contributed by atoms with Crippen LogP contribution in [0.25, 0.3) is 0 Å². The molecule has 0 amide bonds. The molecular formula is C8H15NO. The van der Waals surface area contributed by atoms with Gasteiger partial charge < -0.3 is 10.4 Å². The molecule has 2 heteroatoms. The second kappa shape index (κ2) is 3.99. The number of allylic oxidation sites excluding steroid dienone is 2. The van der Waals surface area contributed by atoms with Crippen molar-refractivity contribution in [3.8, 4) is 0 Å². The van der Waals surface area contributed by atoms with Crippen LogP contribution in [-0.4, -0.2) is 11.1 Å². The van der Waals surface area contributed by atoms with Gasteiger partial charge in [-0.3, -0.25) is 0 Å². The Hall–Kier alpha value is -0.920. The van der Waals surface area contributed by atoms with Gasteiger partial charge in [0.15, 0.2) is 0 Å². The van der Waals surface area contributed by atoms with E-state index in [4.69, 9.17) is 5.11 Å². The van der Waals surface area contributed by atoms with E-state index in [1.54, 1.807) is 13.0 Å². The summed E-state index contributed by atoms with van der Waals surface area (Å²) in [4.78, 5) is 0. The number of rotatable bonds is 3. The summed E-state index contributed by atoms with van der Waals surface area (Å²) in [6.45, 7) is 9.06. The van der Waals surface area contributed by atoms with Crippen LogP contribution in [0.4, 0.5) is 0 Å². The Kier molecular flexibility index (Phi) is 3.62. The zero-order valence-corrected chi connectivity index (χ0v) is 6.81. The SMILES string of the molecule is C=CC(C)N/C(C)=C(\C)O. The van der Waals surface area contributed by atoms with Gasteiger partial charge in [-0.25, -0.2) is 0 Å². The third-order valence-electron chi connectivity index (χ3n) is 1.34. The zero-order valence-electron chi connectivity index (χ0n) is 6.81. The maximum Gasteiger partial charge on any atom is 0.108 e. The number of aliphatic hydroxyl groups is 1. The second-order valence-corrected chi connectivity index (χ2v) is 2.38. The lowest BCUT2D eigenvalue weighted by Crippen LogP contribution is -2.22. The van der Waals surface area contributed by atoms with Crippen LogP contribution < -0.4 is 5.32 Å². The molecular weight excluding hydrogens is 126 g/mol. The highest BCUT2D eigenvalue weighted by molar-refractivity contribution is 5.02. The largest absolute Gasteiger partial charge is 0.511 e. The van der Waals surface area contributed by atoms with Crippen LogP contribution in [0.1, 0.15) is 20.8 Å². The predicted octanol–water partition coefficient (Wildman–Crippen LogP) is 1.96. The summed E-state index contributed by atoms with van der Waals surface area (Å²) in [5.41, 5.74) is 0.799. The normalized spacial score (nSPS) is 15.5. The van der Waals surface area contributed by atoms with Gasteiger partial charge in [-0.2, -0.15) is 0 Å². The zero-order chi connectivity index (χ0) is 8.15. The number of nitrogens with one attached hydrogen (secondary N) is 1. The van der Waals surface area contributed by atoms with E-state index < -0.39 is 0 Å². The van der Waals surface area contributed by atoms with E-state index in [1.165, 1.54) is 0 Å². The highest BCUT2D eigenvalue weighted by atomic mass is 16.3. The first-order valence-electron chi connectivity index (χ1n) is 3.33. The van der Waals surface area contributed by atoms with Crippen LogP contribution in [0.3, 0.4) is 0 Å². The lowest BCUT2D eigenvalue weighted by atomic mass is 10.3. The van der Waals surface area contributed by atoms with E-state index in [0.717, 1.165) is 5.70 Å². The highest BCUT2D eigenvalue weighted by Crippen LogP contribution is 1.96. The molecule has 2 N–H and O–H groups in total. The standard InChI is InChI=1S/C8H15NO/c1-5-6(2)9-7(3)8(4)10/h5-6,9-10H,1H2,2-4H3/b8-7+. The van der Waals surface area contributed by atoms with Crippen LogP contribution in [0.2, 0.25) is 0 Å². The molecule has 0 aromatic carbocycles. The van der Waals surface area contributed by atoms with Gasteiger partial charge in [0.2, 0.25) is 0 Å². The third kappa shape index (κ3) is 3.17. The molecule has 0 aliphatic rings. The third-order valence-corrected chi connectivity index (χ3v) is 1.34. The molecule has 0 heterocycles. The molecule has 0 fully saturated rings. The Morgan fingerprint density at radius 3 is 2.40 bits per heavy atom. The minimum atomic E-state index is 0.210. The summed E-state index contributed by atoms with van der Waals surface area (Å²) in [6, 6.07) is 0.210. The molecule has 0 aromatic rings. The topological polar surface area (TPSA) is 32.3 Å². The summed E-state index contributed by atoms with van der Waals surface area (Å²) in [7, 11) is 0. The Morgan fingerprint density at radius 2 is 2.10 bits per heavy atom. The quantitative estimate of drug-likeness (QED) is 0.465. The van der Waals surface area contributed by atoms with Crippen LogP contribution in [0, 0.1) is 0 Å². The summed E-state index contributed by atoms with van der Waals surface area (Å²) in [5, 5.41) is 12.0. The Bertz CT molecular complexity index is 145. The van der Waals surface area contributed by atoms with Gasteiger partial charge in [-0.15, -0.1) is 6.58 Å². The molecule has 0 aliphatic carbocycles. The highest BCUT2D eigenvalue weighted by Gasteiger charge is 1.96. The van der Waals surface area contributed by atoms with Gasteiger partial charge in [0, 0.05) is 11.7 Å². The first-order valence-corrected chi connectivity index (χ1v) is 3.33. The monoisotopic (exact) mass is 141 g/mol. The molecule has 1 unspecified atom stereocenters. The molecule has 1 atom stereocenters. The average Bonchev–Trinajstić information content (AvgIpc) is 1.87. The van der Waals surface area contributed by atoms with Gasteiger partial charge in [0.1, 0.15) is 5.76 Å². The summed E-state index contributed by atoms with van der Waals surface area (Å²) >= 11 is 0. The Labute approximate surface area is 62.3 Å². The maximum absolute atomic E-state index is 8.95. The molecule has 0 aliphatic heterocycles. The Morgan fingerprint density at radius 1 is 1.60 bits per heavy atom. The van der Waals surface area contributed by atoms with Crippen molar-refractivity contribution in [1.82, 2.24) is 5.32 Å². The van der Waals surface area contributed by atoms with Crippen LogP contribution >= 0.6 is 0 Å². The second-order valence-electron chi connectivity index (χ2n) is 2.38. The van der Waals surface area contributed by atoms with Crippen molar-refractivity contribution in [3.05, 3.63) is 24.1 Å². The van der Waals surface area contributed by atoms with Crippen molar-refractivity contribution in [1.29, 1.82) is 0 Å². The molecule has 0 saturated heterocycles. The lowest BCUT2D eigenvalue weighted by molar-refractivity contribution is 0.399. The van der Waals surface area contributed by atoms with E-state index in [2.05, 4.69) is 11.9 Å². The van der Waals surface area contributed by atoms with E-state index in [-0.39, 0.29) is 6.04 Å². The molecule has 0 spiro atoms. The molecule has 2 nitrogen and oxygen atoms in total. The summed E-state index contributed by atoms with van der Waals surface area (Å²) in [5.74, 6) is 0.328. The van der Waals surface area contributed by atoms with Gasteiger partial charge in [-0.05, 0) is 20.8 Å². The van der Waals surface area contributed by atoms with Crippen molar-refractivity contribution < 1.29 is 5.11 Å². The van der Waals surface area contributed by atoms with Crippen molar-refractivity contribution in [3.63, 3.8) is 0 Å². The minimum absolute atomic E-state index is 0.210. The fraction of sp³-hybridized carbons (Fsp3) is 0.500. The number of hydrogen-bond donors (Lipinski definition) is 2. The molecule has 10 heavy (non-hydrogen) atoms. The number of aliphatic hydroxyl groups excluding tert-OH is 1. The van der Waals surface area contributed by atoms with Crippen LogP contribution in [0.15, 0.2) is 24.1 Å². The lowest BCUT2D eigenvalue weighted by Gasteiger charge is -2.10. The van der Waals surface area contributed by atoms with Crippen LogP contribution in [0.5, 0.6) is 0 Å². The first-order chi connectivity index (χ1) is 4.57. The fourth-order valence-corrected chi connectivity index (χ4v) is 0.505. The predicted molar refractivity (Wildman–Crippen MR) is 43.8 cm³/mol. The smallest absolute Gasteiger partial charge is 0.108 e. The first kappa shape index (κ1) is 9.08. The van der Waals surface area contributed by atoms with Gasteiger partial charge >= 0.3 is 0 Å².